The second-order valence-electron chi connectivity index (χ2n) is 2.76. The molecule has 1 aromatic carbocycles. The largest absolute Gasteiger partial charge is 0.465 e. The number of nitriles is 1. The highest BCUT2D eigenvalue weighted by Crippen LogP contribution is 2.18. The summed E-state index contributed by atoms with van der Waals surface area (Å²) in [4.78, 5) is 11.3. The minimum atomic E-state index is -0.829. The topological polar surface area (TPSA) is 76.1 Å². The van der Waals surface area contributed by atoms with Crippen LogP contribution in [0.2, 0.25) is 0 Å². The number of nitrogens with two attached hydrogens (primary N) is 1. The van der Waals surface area contributed by atoms with Crippen LogP contribution in [0.25, 0.3) is 0 Å². The van der Waals surface area contributed by atoms with Gasteiger partial charge in [-0.15, -0.1) is 0 Å². The van der Waals surface area contributed by atoms with Crippen LogP contribution in [0.5, 0.6) is 0 Å². The van der Waals surface area contributed by atoms with Crippen LogP contribution >= 0.6 is 0 Å². The molecule has 0 radical (unpaired) electrons. The fourth-order valence-electron chi connectivity index (χ4n) is 1.26. The third-order valence-corrected chi connectivity index (χ3v) is 1.98. The molecule has 78 valence electrons. The first kappa shape index (κ1) is 11.1. The van der Waals surface area contributed by atoms with E-state index in [1.54, 1.807) is 0 Å². The summed E-state index contributed by atoms with van der Waals surface area (Å²) in [6, 6.07) is 4.17. The molecule has 0 fully saturated rings. The van der Waals surface area contributed by atoms with Gasteiger partial charge in [0.15, 0.2) is 0 Å². The van der Waals surface area contributed by atoms with Crippen molar-refractivity contribution in [1.29, 1.82) is 5.26 Å². The minimum absolute atomic E-state index is 0.0922. The predicted molar refractivity (Wildman–Crippen MR) is 50.3 cm³/mol. The fourth-order valence-corrected chi connectivity index (χ4v) is 1.26. The van der Waals surface area contributed by atoms with Gasteiger partial charge in [-0.25, -0.2) is 9.18 Å². The van der Waals surface area contributed by atoms with Crippen molar-refractivity contribution in [2.75, 3.05) is 7.11 Å². The standard InChI is InChI=1S/C10H9FN2O2/c1-15-10(14)9-7(5-13)6(4-12)2-3-8(9)11/h2-3H,5,13H2,1H3. The molecular formula is C10H9FN2O2. The number of rotatable bonds is 2. The second-order valence-corrected chi connectivity index (χ2v) is 2.76. The fraction of sp³-hybridized carbons (Fsp3) is 0.200. The van der Waals surface area contributed by atoms with Crippen molar-refractivity contribution in [2.45, 2.75) is 6.54 Å². The van der Waals surface area contributed by atoms with E-state index in [-0.39, 0.29) is 23.2 Å². The number of benzene rings is 1. The minimum Gasteiger partial charge on any atom is -0.465 e. The van der Waals surface area contributed by atoms with Crippen LogP contribution in [-0.2, 0) is 11.3 Å². The lowest BCUT2D eigenvalue weighted by Crippen LogP contribution is -2.13. The molecule has 0 spiro atoms. The number of carbonyl (C=O) groups is 1. The number of methoxy groups -OCH3 is 1. The molecule has 1 rings (SSSR count). The van der Waals surface area contributed by atoms with Crippen molar-refractivity contribution in [3.8, 4) is 6.07 Å². The van der Waals surface area contributed by atoms with Gasteiger partial charge in [-0.1, -0.05) is 0 Å². The highest BCUT2D eigenvalue weighted by molar-refractivity contribution is 5.92. The molecule has 0 amide bonds. The Morgan fingerprint density at radius 3 is 2.80 bits per heavy atom. The maximum absolute atomic E-state index is 13.3. The SMILES string of the molecule is COC(=O)c1c(F)ccc(C#N)c1CN. The Kier molecular flexibility index (Phi) is 3.37. The van der Waals surface area contributed by atoms with Crippen LogP contribution in [0.1, 0.15) is 21.5 Å². The van der Waals surface area contributed by atoms with E-state index in [1.807, 2.05) is 6.07 Å². The summed E-state index contributed by atoms with van der Waals surface area (Å²) in [7, 11) is 1.14. The predicted octanol–water partition coefficient (Wildman–Crippen LogP) is 0.943. The molecule has 0 aromatic heterocycles. The number of carbonyl (C=O) groups excluding carboxylic acids is 1. The zero-order valence-corrected chi connectivity index (χ0v) is 8.08. The van der Waals surface area contributed by atoms with Crippen molar-refractivity contribution < 1.29 is 13.9 Å². The molecule has 0 unspecified atom stereocenters. The van der Waals surface area contributed by atoms with Gasteiger partial charge in [0.25, 0.3) is 0 Å². The van der Waals surface area contributed by atoms with Gasteiger partial charge in [-0.05, 0) is 12.1 Å². The smallest absolute Gasteiger partial charge is 0.341 e. The molecule has 15 heavy (non-hydrogen) atoms. The van der Waals surface area contributed by atoms with Gasteiger partial charge in [-0.3, -0.25) is 0 Å². The third kappa shape index (κ3) is 1.95. The maximum atomic E-state index is 13.3. The summed E-state index contributed by atoms with van der Waals surface area (Å²) in [6.45, 7) is -0.0922. The zero-order chi connectivity index (χ0) is 11.4. The molecule has 0 saturated heterocycles. The zero-order valence-electron chi connectivity index (χ0n) is 8.08. The van der Waals surface area contributed by atoms with Crippen molar-refractivity contribution in [1.82, 2.24) is 0 Å². The molecule has 2 N–H and O–H groups in total. The first-order valence-electron chi connectivity index (χ1n) is 4.15. The maximum Gasteiger partial charge on any atom is 0.341 e. The van der Waals surface area contributed by atoms with Crippen LogP contribution in [0.3, 0.4) is 0 Å². The third-order valence-electron chi connectivity index (χ3n) is 1.98. The van der Waals surface area contributed by atoms with Gasteiger partial charge in [0.05, 0.1) is 18.7 Å². The number of nitrogens with zero attached hydrogens (tertiary/aromatic N) is 1. The summed E-state index contributed by atoms with van der Waals surface area (Å²) in [5.41, 5.74) is 5.45. The van der Waals surface area contributed by atoms with Crippen LogP contribution in [0.15, 0.2) is 12.1 Å². The van der Waals surface area contributed by atoms with Gasteiger partial charge in [0.2, 0.25) is 0 Å². The van der Waals surface area contributed by atoms with Crippen molar-refractivity contribution in [3.63, 3.8) is 0 Å². The van der Waals surface area contributed by atoms with E-state index in [9.17, 15) is 9.18 Å². The van der Waals surface area contributed by atoms with E-state index >= 15 is 0 Å². The Balaban J connectivity index is 3.47. The lowest BCUT2D eigenvalue weighted by Gasteiger charge is -2.08. The normalized spacial score (nSPS) is 9.47. The van der Waals surface area contributed by atoms with E-state index in [0.29, 0.717) is 0 Å². The van der Waals surface area contributed by atoms with Crippen LogP contribution in [-0.4, -0.2) is 13.1 Å². The molecule has 4 nitrogen and oxygen atoms in total. The van der Waals surface area contributed by atoms with Gasteiger partial charge in [-0.2, -0.15) is 5.26 Å². The van der Waals surface area contributed by atoms with Gasteiger partial charge in [0.1, 0.15) is 11.4 Å². The van der Waals surface area contributed by atoms with E-state index in [4.69, 9.17) is 11.0 Å². The summed E-state index contributed by atoms with van der Waals surface area (Å²) >= 11 is 0. The number of hydrogen-bond donors (Lipinski definition) is 1. The highest BCUT2D eigenvalue weighted by atomic mass is 19.1. The Bertz CT molecular complexity index is 438. The average molecular weight is 208 g/mol. The monoisotopic (exact) mass is 208 g/mol. The lowest BCUT2D eigenvalue weighted by molar-refractivity contribution is 0.0594. The molecule has 0 aliphatic rings. The molecule has 0 heterocycles. The Morgan fingerprint density at radius 2 is 2.33 bits per heavy atom. The van der Waals surface area contributed by atoms with Crippen LogP contribution in [0, 0.1) is 17.1 Å². The summed E-state index contributed by atoms with van der Waals surface area (Å²) in [5, 5.41) is 8.74. The van der Waals surface area contributed by atoms with Crippen molar-refractivity contribution in [2.24, 2.45) is 5.73 Å². The van der Waals surface area contributed by atoms with Crippen LogP contribution < -0.4 is 5.73 Å². The van der Waals surface area contributed by atoms with E-state index in [0.717, 1.165) is 13.2 Å². The average Bonchev–Trinajstić information content (AvgIpc) is 2.27. The first-order chi connectivity index (χ1) is 7.15. The molecular weight excluding hydrogens is 199 g/mol. The Hall–Kier alpha value is -1.93. The van der Waals surface area contributed by atoms with Gasteiger partial charge in [0, 0.05) is 12.1 Å². The highest BCUT2D eigenvalue weighted by Gasteiger charge is 2.19. The molecule has 5 heteroatoms. The Labute approximate surface area is 86.1 Å². The molecule has 0 aliphatic heterocycles. The first-order valence-corrected chi connectivity index (χ1v) is 4.15. The van der Waals surface area contributed by atoms with Gasteiger partial charge >= 0.3 is 5.97 Å². The molecule has 1 aromatic rings. The number of hydrogen-bond acceptors (Lipinski definition) is 4. The van der Waals surface area contributed by atoms with Gasteiger partial charge < -0.3 is 10.5 Å². The van der Waals surface area contributed by atoms with Crippen molar-refractivity contribution in [3.05, 3.63) is 34.6 Å². The molecule has 0 saturated carbocycles. The molecule has 0 bridgehead atoms. The Morgan fingerprint density at radius 1 is 1.67 bits per heavy atom. The number of esters is 1. The van der Waals surface area contributed by atoms with E-state index in [1.165, 1.54) is 6.07 Å². The molecule has 0 atom stereocenters. The second kappa shape index (κ2) is 4.53. The van der Waals surface area contributed by atoms with E-state index < -0.39 is 11.8 Å². The van der Waals surface area contributed by atoms with Crippen LogP contribution in [0.4, 0.5) is 4.39 Å². The number of halogens is 1. The summed E-state index contributed by atoms with van der Waals surface area (Å²) in [5.74, 6) is -1.56. The van der Waals surface area contributed by atoms with E-state index in [2.05, 4.69) is 4.74 Å². The summed E-state index contributed by atoms with van der Waals surface area (Å²) in [6.07, 6.45) is 0. The van der Waals surface area contributed by atoms with Crippen molar-refractivity contribution >= 4 is 5.97 Å². The number of ether oxygens (including phenoxy) is 1. The lowest BCUT2D eigenvalue weighted by atomic mass is 10.0. The quantitative estimate of drug-likeness (QED) is 0.734. The molecule has 0 aliphatic carbocycles. The summed E-state index contributed by atoms with van der Waals surface area (Å²) < 4.78 is 17.7.